The van der Waals surface area contributed by atoms with Gasteiger partial charge < -0.3 is 16.2 Å². The van der Waals surface area contributed by atoms with Gasteiger partial charge in [-0.15, -0.1) is 11.3 Å². The van der Waals surface area contributed by atoms with Gasteiger partial charge in [0.25, 0.3) is 0 Å². The van der Waals surface area contributed by atoms with Crippen molar-refractivity contribution in [3.05, 3.63) is 35.8 Å². The molecule has 0 aliphatic rings. The number of anilines is 1. The molecule has 2 aromatic rings. The second-order valence-corrected chi connectivity index (χ2v) is 5.34. The number of amides is 1. The Morgan fingerprint density at radius 2 is 2.05 bits per heavy atom. The van der Waals surface area contributed by atoms with Gasteiger partial charge in [0.2, 0.25) is 5.91 Å². The van der Waals surface area contributed by atoms with Crippen molar-refractivity contribution in [2.75, 3.05) is 5.32 Å². The molecule has 0 fully saturated rings. The van der Waals surface area contributed by atoms with Gasteiger partial charge in [0, 0.05) is 29.2 Å². The highest BCUT2D eigenvalue weighted by atomic mass is 32.1. The second-order valence-electron chi connectivity index (χ2n) is 4.44. The van der Waals surface area contributed by atoms with Gasteiger partial charge in [0.15, 0.2) is 0 Å². The number of nitrogens with one attached hydrogen (secondary N) is 1. The van der Waals surface area contributed by atoms with Gasteiger partial charge in [0.05, 0.1) is 6.04 Å². The molecule has 0 aliphatic carbocycles. The lowest BCUT2D eigenvalue weighted by atomic mass is 10.1. The van der Waals surface area contributed by atoms with E-state index in [1.54, 1.807) is 18.3 Å². The molecule has 0 radical (unpaired) electrons. The van der Waals surface area contributed by atoms with Crippen molar-refractivity contribution in [2.45, 2.75) is 18.9 Å². The van der Waals surface area contributed by atoms with E-state index < -0.39 is 17.9 Å². The molecule has 1 amide bonds. The SMILES string of the molecule is NC(CCC(=O)O)C(=O)Nc1ccc(-c2nccs2)cc1. The number of hydrogen-bond donors (Lipinski definition) is 3. The highest BCUT2D eigenvalue weighted by Gasteiger charge is 2.15. The van der Waals surface area contributed by atoms with E-state index in [4.69, 9.17) is 10.8 Å². The van der Waals surface area contributed by atoms with E-state index in [9.17, 15) is 9.59 Å². The predicted molar refractivity (Wildman–Crippen MR) is 81.0 cm³/mol. The first-order valence-corrected chi connectivity index (χ1v) is 7.22. The van der Waals surface area contributed by atoms with Crippen LogP contribution in [0.2, 0.25) is 0 Å². The molecule has 0 aliphatic heterocycles. The first-order chi connectivity index (χ1) is 10.1. The first-order valence-electron chi connectivity index (χ1n) is 6.34. The summed E-state index contributed by atoms with van der Waals surface area (Å²) in [5, 5.41) is 14.0. The molecule has 0 bridgehead atoms. The predicted octanol–water partition coefficient (Wildman–Crippen LogP) is 1.94. The van der Waals surface area contributed by atoms with Gasteiger partial charge in [-0.1, -0.05) is 0 Å². The number of aromatic nitrogens is 1. The van der Waals surface area contributed by atoms with Crippen LogP contribution in [0.25, 0.3) is 10.6 Å². The average molecular weight is 305 g/mol. The molecule has 21 heavy (non-hydrogen) atoms. The number of nitrogens with zero attached hydrogens (tertiary/aromatic N) is 1. The number of rotatable bonds is 6. The fourth-order valence-corrected chi connectivity index (χ4v) is 2.35. The summed E-state index contributed by atoms with van der Waals surface area (Å²) in [5.41, 5.74) is 7.22. The Bertz CT molecular complexity index is 611. The molecule has 0 saturated heterocycles. The van der Waals surface area contributed by atoms with E-state index in [0.29, 0.717) is 5.69 Å². The lowest BCUT2D eigenvalue weighted by Crippen LogP contribution is -2.36. The van der Waals surface area contributed by atoms with Gasteiger partial charge in [0.1, 0.15) is 5.01 Å². The maximum atomic E-state index is 11.8. The van der Waals surface area contributed by atoms with Crippen molar-refractivity contribution in [3.63, 3.8) is 0 Å². The maximum Gasteiger partial charge on any atom is 0.303 e. The zero-order chi connectivity index (χ0) is 15.2. The number of benzene rings is 1. The minimum absolute atomic E-state index is 0.109. The van der Waals surface area contributed by atoms with Crippen LogP contribution in [0.15, 0.2) is 35.8 Å². The van der Waals surface area contributed by atoms with Crippen LogP contribution in [0.5, 0.6) is 0 Å². The normalized spacial score (nSPS) is 11.9. The minimum atomic E-state index is -0.967. The van der Waals surface area contributed by atoms with Gasteiger partial charge in [-0.2, -0.15) is 0 Å². The van der Waals surface area contributed by atoms with Gasteiger partial charge in [-0.3, -0.25) is 9.59 Å². The van der Waals surface area contributed by atoms with Crippen LogP contribution in [0.3, 0.4) is 0 Å². The minimum Gasteiger partial charge on any atom is -0.481 e. The second kappa shape index (κ2) is 6.96. The van der Waals surface area contributed by atoms with Crippen LogP contribution >= 0.6 is 11.3 Å². The number of carbonyl (C=O) groups is 2. The van der Waals surface area contributed by atoms with Crippen LogP contribution in [0.1, 0.15) is 12.8 Å². The third-order valence-electron chi connectivity index (χ3n) is 2.84. The Morgan fingerprint density at radius 3 is 2.62 bits per heavy atom. The Labute approximate surface area is 125 Å². The summed E-state index contributed by atoms with van der Waals surface area (Å²) in [6.07, 6.45) is 1.72. The summed E-state index contributed by atoms with van der Waals surface area (Å²) >= 11 is 1.54. The van der Waals surface area contributed by atoms with Gasteiger partial charge in [-0.05, 0) is 30.7 Å². The summed E-state index contributed by atoms with van der Waals surface area (Å²) in [7, 11) is 0. The fourth-order valence-electron chi connectivity index (χ4n) is 1.71. The highest BCUT2D eigenvalue weighted by Crippen LogP contribution is 2.23. The molecule has 0 saturated carbocycles. The van der Waals surface area contributed by atoms with Crippen LogP contribution in [-0.2, 0) is 9.59 Å². The Morgan fingerprint density at radius 1 is 1.33 bits per heavy atom. The lowest BCUT2D eigenvalue weighted by Gasteiger charge is -2.11. The number of carbonyl (C=O) groups excluding carboxylic acids is 1. The third-order valence-corrected chi connectivity index (χ3v) is 3.66. The zero-order valence-corrected chi connectivity index (χ0v) is 12.0. The van der Waals surface area contributed by atoms with E-state index in [0.717, 1.165) is 10.6 Å². The molecule has 4 N–H and O–H groups in total. The molecular weight excluding hydrogens is 290 g/mol. The Hall–Kier alpha value is -2.25. The molecule has 2 rings (SSSR count). The molecule has 1 atom stereocenters. The Kier molecular flexibility index (Phi) is 5.02. The van der Waals surface area contributed by atoms with E-state index in [1.165, 1.54) is 11.3 Å². The number of hydrogen-bond acceptors (Lipinski definition) is 5. The van der Waals surface area contributed by atoms with E-state index in [2.05, 4.69) is 10.3 Å². The zero-order valence-electron chi connectivity index (χ0n) is 11.2. The summed E-state index contributed by atoms with van der Waals surface area (Å²) in [6.45, 7) is 0. The highest BCUT2D eigenvalue weighted by molar-refractivity contribution is 7.13. The van der Waals surface area contributed by atoms with Gasteiger partial charge in [-0.25, -0.2) is 4.98 Å². The van der Waals surface area contributed by atoms with Crippen LogP contribution in [0.4, 0.5) is 5.69 Å². The van der Waals surface area contributed by atoms with Crippen molar-refractivity contribution in [1.82, 2.24) is 4.98 Å². The molecule has 110 valence electrons. The maximum absolute atomic E-state index is 11.8. The molecular formula is C14H15N3O3S. The largest absolute Gasteiger partial charge is 0.481 e. The van der Waals surface area contributed by atoms with Crippen LogP contribution < -0.4 is 11.1 Å². The van der Waals surface area contributed by atoms with Crippen LogP contribution in [0, 0.1) is 0 Å². The van der Waals surface area contributed by atoms with Crippen molar-refractivity contribution in [1.29, 1.82) is 0 Å². The number of carboxylic acids is 1. The summed E-state index contributed by atoms with van der Waals surface area (Å²) in [4.78, 5) is 26.4. The van der Waals surface area contributed by atoms with E-state index in [1.807, 2.05) is 17.5 Å². The number of carboxylic acid groups (broad SMARTS) is 1. The summed E-state index contributed by atoms with van der Waals surface area (Å²) in [6, 6.07) is 6.41. The van der Waals surface area contributed by atoms with Crippen molar-refractivity contribution in [3.8, 4) is 10.6 Å². The monoisotopic (exact) mass is 305 g/mol. The molecule has 6 nitrogen and oxygen atoms in total. The van der Waals surface area contributed by atoms with Crippen molar-refractivity contribution < 1.29 is 14.7 Å². The number of thiazole rings is 1. The van der Waals surface area contributed by atoms with Crippen LogP contribution in [-0.4, -0.2) is 28.0 Å². The molecule has 1 aromatic carbocycles. The number of nitrogens with two attached hydrogens (primary N) is 1. The van der Waals surface area contributed by atoms with E-state index >= 15 is 0 Å². The fraction of sp³-hybridized carbons (Fsp3) is 0.214. The Balaban J connectivity index is 1.94. The molecule has 1 aromatic heterocycles. The summed E-state index contributed by atoms with van der Waals surface area (Å²) in [5.74, 6) is -1.36. The van der Waals surface area contributed by atoms with Crippen molar-refractivity contribution in [2.24, 2.45) is 5.73 Å². The molecule has 0 spiro atoms. The standard InChI is InChI=1S/C14H15N3O3S/c15-11(5-6-12(18)19)13(20)17-10-3-1-9(2-4-10)14-16-7-8-21-14/h1-4,7-8,11H,5-6,15H2,(H,17,20)(H,18,19). The average Bonchev–Trinajstić information content (AvgIpc) is 2.99. The first kappa shape index (κ1) is 15.1. The lowest BCUT2D eigenvalue weighted by molar-refractivity contribution is -0.137. The molecule has 1 heterocycles. The molecule has 7 heteroatoms. The third kappa shape index (κ3) is 4.37. The quantitative estimate of drug-likeness (QED) is 0.756. The smallest absolute Gasteiger partial charge is 0.303 e. The number of aliphatic carboxylic acids is 1. The molecule has 1 unspecified atom stereocenters. The summed E-state index contributed by atoms with van der Waals surface area (Å²) < 4.78 is 0. The van der Waals surface area contributed by atoms with Gasteiger partial charge >= 0.3 is 5.97 Å². The topological polar surface area (TPSA) is 105 Å². The van der Waals surface area contributed by atoms with Crippen molar-refractivity contribution >= 4 is 28.9 Å². The van der Waals surface area contributed by atoms with E-state index in [-0.39, 0.29) is 12.8 Å².